The molecule has 1 unspecified atom stereocenters. The van der Waals surface area contributed by atoms with Crippen molar-refractivity contribution in [3.05, 3.63) is 33.9 Å². The fourth-order valence-corrected chi connectivity index (χ4v) is 2.55. The number of hydrogen-bond donors (Lipinski definition) is 2. The Balaban J connectivity index is 2.86. The van der Waals surface area contributed by atoms with E-state index in [-0.39, 0.29) is 5.69 Å². The van der Waals surface area contributed by atoms with Gasteiger partial charge in [0, 0.05) is 18.7 Å². The third kappa shape index (κ3) is 4.36. The Morgan fingerprint density at radius 1 is 1.55 bits per heavy atom. The summed E-state index contributed by atoms with van der Waals surface area (Å²) in [7, 11) is 2.02. The number of nitro groups is 1. The van der Waals surface area contributed by atoms with Gasteiger partial charge in [-0.2, -0.15) is 11.8 Å². The first-order valence-corrected chi connectivity index (χ1v) is 7.82. The maximum Gasteiger partial charge on any atom is 0.293 e. The van der Waals surface area contributed by atoms with Gasteiger partial charge in [-0.1, -0.05) is 12.1 Å². The highest BCUT2D eigenvalue weighted by Crippen LogP contribution is 2.28. The van der Waals surface area contributed by atoms with Crippen LogP contribution in [0.25, 0.3) is 0 Å². The van der Waals surface area contributed by atoms with Gasteiger partial charge in [0.1, 0.15) is 5.69 Å². The lowest BCUT2D eigenvalue weighted by Gasteiger charge is -2.25. The SMILES string of the molecule is CSCCC(C)N(C)Cc1cccc([N+](=O)[O-])c1NN. The van der Waals surface area contributed by atoms with Gasteiger partial charge in [0.2, 0.25) is 0 Å². The fourth-order valence-electron chi connectivity index (χ4n) is 1.97. The molecule has 7 heteroatoms. The third-order valence-corrected chi connectivity index (χ3v) is 4.03. The molecule has 3 N–H and O–H groups in total. The summed E-state index contributed by atoms with van der Waals surface area (Å²) in [6.07, 6.45) is 3.17. The van der Waals surface area contributed by atoms with Crippen molar-refractivity contribution in [3.63, 3.8) is 0 Å². The molecule has 1 aromatic rings. The Labute approximate surface area is 123 Å². The zero-order valence-corrected chi connectivity index (χ0v) is 12.9. The van der Waals surface area contributed by atoms with Crippen LogP contribution in [0.15, 0.2) is 18.2 Å². The Hall–Kier alpha value is -1.31. The Morgan fingerprint density at radius 2 is 2.25 bits per heavy atom. The quantitative estimate of drug-likeness (QED) is 0.436. The lowest BCUT2D eigenvalue weighted by Crippen LogP contribution is -2.29. The first-order valence-electron chi connectivity index (χ1n) is 6.43. The smallest absolute Gasteiger partial charge is 0.293 e. The van der Waals surface area contributed by atoms with Crippen molar-refractivity contribution < 1.29 is 4.92 Å². The molecular weight excluding hydrogens is 276 g/mol. The highest BCUT2D eigenvalue weighted by Gasteiger charge is 2.18. The van der Waals surface area contributed by atoms with Gasteiger partial charge in [-0.3, -0.25) is 20.9 Å². The van der Waals surface area contributed by atoms with Gasteiger partial charge < -0.3 is 5.43 Å². The van der Waals surface area contributed by atoms with Crippen molar-refractivity contribution >= 4 is 23.1 Å². The van der Waals surface area contributed by atoms with Crippen molar-refractivity contribution in [1.29, 1.82) is 0 Å². The number of para-hydroxylation sites is 1. The summed E-state index contributed by atoms with van der Waals surface area (Å²) in [6, 6.07) is 5.41. The van der Waals surface area contributed by atoms with Crippen LogP contribution >= 0.6 is 11.8 Å². The first kappa shape index (κ1) is 16.7. The molecule has 0 saturated carbocycles. The van der Waals surface area contributed by atoms with Crippen molar-refractivity contribution in [2.75, 3.05) is 24.5 Å². The number of nitrogens with one attached hydrogen (secondary N) is 1. The summed E-state index contributed by atoms with van der Waals surface area (Å²) in [5, 5.41) is 11.0. The molecule has 0 heterocycles. The number of anilines is 1. The topological polar surface area (TPSA) is 84.4 Å². The van der Waals surface area contributed by atoms with Gasteiger partial charge in [-0.25, -0.2) is 0 Å². The van der Waals surface area contributed by atoms with Crippen LogP contribution in [0.3, 0.4) is 0 Å². The minimum absolute atomic E-state index is 0.00941. The molecule has 1 atom stereocenters. The number of hydrazine groups is 1. The summed E-state index contributed by atoms with van der Waals surface area (Å²) in [6.45, 7) is 2.78. The van der Waals surface area contributed by atoms with Crippen LogP contribution in [0.1, 0.15) is 18.9 Å². The Kier molecular flexibility index (Phi) is 6.77. The number of thioether (sulfide) groups is 1. The fraction of sp³-hybridized carbons (Fsp3) is 0.538. The molecule has 6 nitrogen and oxygen atoms in total. The molecule has 0 aromatic heterocycles. The second-order valence-electron chi connectivity index (χ2n) is 4.76. The predicted molar refractivity (Wildman–Crippen MR) is 84.8 cm³/mol. The van der Waals surface area contributed by atoms with E-state index in [9.17, 15) is 10.1 Å². The number of nitrogens with zero attached hydrogens (tertiary/aromatic N) is 2. The molecular formula is C13H22N4O2S. The van der Waals surface area contributed by atoms with E-state index in [2.05, 4.69) is 23.5 Å². The van der Waals surface area contributed by atoms with E-state index in [0.29, 0.717) is 18.3 Å². The van der Waals surface area contributed by atoms with Gasteiger partial charge in [-0.15, -0.1) is 0 Å². The van der Waals surface area contributed by atoms with Gasteiger partial charge in [-0.05, 0) is 38.0 Å². The maximum atomic E-state index is 11.0. The van der Waals surface area contributed by atoms with E-state index in [1.165, 1.54) is 6.07 Å². The van der Waals surface area contributed by atoms with Crippen molar-refractivity contribution in [1.82, 2.24) is 4.90 Å². The van der Waals surface area contributed by atoms with Crippen molar-refractivity contribution in [3.8, 4) is 0 Å². The van der Waals surface area contributed by atoms with Gasteiger partial charge >= 0.3 is 0 Å². The van der Waals surface area contributed by atoms with E-state index in [1.54, 1.807) is 6.07 Å². The van der Waals surface area contributed by atoms with Crippen LogP contribution in [0, 0.1) is 10.1 Å². The number of rotatable bonds is 8. The molecule has 20 heavy (non-hydrogen) atoms. The third-order valence-electron chi connectivity index (χ3n) is 3.38. The maximum absolute atomic E-state index is 11.0. The number of hydrogen-bond acceptors (Lipinski definition) is 6. The molecule has 1 rings (SSSR count). The van der Waals surface area contributed by atoms with Crippen LogP contribution in [0.2, 0.25) is 0 Å². The van der Waals surface area contributed by atoms with Crippen LogP contribution in [-0.4, -0.2) is 34.9 Å². The highest BCUT2D eigenvalue weighted by molar-refractivity contribution is 7.98. The lowest BCUT2D eigenvalue weighted by molar-refractivity contribution is -0.384. The predicted octanol–water partition coefficient (Wildman–Crippen LogP) is 2.45. The van der Waals surface area contributed by atoms with Crippen molar-refractivity contribution in [2.24, 2.45) is 5.84 Å². The number of benzene rings is 1. The average molecular weight is 298 g/mol. The summed E-state index contributed by atoms with van der Waals surface area (Å²) < 4.78 is 0. The lowest BCUT2D eigenvalue weighted by atomic mass is 10.1. The summed E-state index contributed by atoms with van der Waals surface area (Å²) in [5.41, 5.74) is 3.69. The standard InChI is InChI=1S/C13H22N4O2S/c1-10(7-8-20-3)16(2)9-11-5-4-6-12(17(18)19)13(11)15-14/h4-6,10,15H,7-9,14H2,1-3H3. The number of nitrogens with two attached hydrogens (primary N) is 1. The van der Waals surface area contributed by atoms with Crippen LogP contribution in [0.4, 0.5) is 11.4 Å². The minimum Gasteiger partial charge on any atom is -0.318 e. The molecule has 0 saturated heterocycles. The molecule has 0 aliphatic heterocycles. The normalized spacial score (nSPS) is 12.4. The molecule has 0 aliphatic rings. The summed E-state index contributed by atoms with van der Waals surface area (Å²) in [5.74, 6) is 6.54. The zero-order chi connectivity index (χ0) is 15.1. The van der Waals surface area contributed by atoms with Crippen LogP contribution in [0.5, 0.6) is 0 Å². The molecule has 0 spiro atoms. The average Bonchev–Trinajstić information content (AvgIpc) is 2.44. The van der Waals surface area contributed by atoms with Crippen LogP contribution < -0.4 is 11.3 Å². The highest BCUT2D eigenvalue weighted by atomic mass is 32.2. The second-order valence-corrected chi connectivity index (χ2v) is 5.74. The monoisotopic (exact) mass is 298 g/mol. The molecule has 112 valence electrons. The second kappa shape index (κ2) is 8.08. The molecule has 1 aromatic carbocycles. The molecule has 0 aliphatic carbocycles. The Bertz CT molecular complexity index is 456. The molecule has 0 amide bonds. The first-order chi connectivity index (χ1) is 9.51. The van der Waals surface area contributed by atoms with E-state index < -0.39 is 4.92 Å². The molecule has 0 radical (unpaired) electrons. The number of nitro benzene ring substituents is 1. The van der Waals surface area contributed by atoms with E-state index >= 15 is 0 Å². The molecule has 0 fully saturated rings. The number of nitrogen functional groups attached to an aromatic ring is 1. The van der Waals surface area contributed by atoms with E-state index in [4.69, 9.17) is 5.84 Å². The minimum atomic E-state index is -0.421. The Morgan fingerprint density at radius 3 is 2.80 bits per heavy atom. The van der Waals surface area contributed by atoms with E-state index in [0.717, 1.165) is 17.7 Å². The van der Waals surface area contributed by atoms with Gasteiger partial charge in [0.05, 0.1) is 4.92 Å². The van der Waals surface area contributed by atoms with E-state index in [1.807, 2.05) is 24.9 Å². The van der Waals surface area contributed by atoms with Gasteiger partial charge in [0.25, 0.3) is 5.69 Å². The summed E-state index contributed by atoms with van der Waals surface area (Å²) >= 11 is 1.82. The summed E-state index contributed by atoms with van der Waals surface area (Å²) in [4.78, 5) is 12.7. The molecule has 0 bridgehead atoms. The van der Waals surface area contributed by atoms with Crippen molar-refractivity contribution in [2.45, 2.75) is 25.9 Å². The zero-order valence-electron chi connectivity index (χ0n) is 12.1. The van der Waals surface area contributed by atoms with Crippen LogP contribution in [-0.2, 0) is 6.54 Å². The largest absolute Gasteiger partial charge is 0.318 e. The van der Waals surface area contributed by atoms with Gasteiger partial charge in [0.15, 0.2) is 0 Å².